The lowest BCUT2D eigenvalue weighted by Gasteiger charge is -2.32. The van der Waals surface area contributed by atoms with E-state index in [1.807, 2.05) is 30.3 Å². The molecular formula is C15H17NO4. The molecule has 0 saturated carbocycles. The number of ether oxygens (including phenoxy) is 1. The number of hydrogen-bond donors (Lipinski definition) is 0. The van der Waals surface area contributed by atoms with Crippen LogP contribution in [0, 0.1) is 0 Å². The van der Waals surface area contributed by atoms with Crippen molar-refractivity contribution in [2.24, 2.45) is 0 Å². The van der Waals surface area contributed by atoms with Gasteiger partial charge in [0.2, 0.25) is 11.8 Å². The maximum Gasteiger partial charge on any atom is 0.302 e. The van der Waals surface area contributed by atoms with Crippen LogP contribution in [0.4, 0.5) is 0 Å². The highest BCUT2D eigenvalue weighted by Gasteiger charge is 2.33. The number of carbonyl (C=O) groups excluding carboxylic acids is 3. The lowest BCUT2D eigenvalue weighted by atomic mass is 10.0. The molecule has 0 radical (unpaired) electrons. The molecule has 5 nitrogen and oxygen atoms in total. The van der Waals surface area contributed by atoms with E-state index in [4.69, 9.17) is 4.74 Å². The summed E-state index contributed by atoms with van der Waals surface area (Å²) in [6, 6.07) is 8.61. The highest BCUT2D eigenvalue weighted by atomic mass is 16.5. The van der Waals surface area contributed by atoms with Gasteiger partial charge < -0.3 is 4.74 Å². The van der Waals surface area contributed by atoms with Crippen LogP contribution < -0.4 is 0 Å². The number of imide groups is 1. The van der Waals surface area contributed by atoms with Crippen LogP contribution in [-0.4, -0.2) is 29.3 Å². The number of piperidine rings is 1. The average molecular weight is 275 g/mol. The zero-order valence-corrected chi connectivity index (χ0v) is 11.4. The minimum absolute atomic E-state index is 0.00315. The van der Waals surface area contributed by atoms with Crippen molar-refractivity contribution in [2.45, 2.75) is 32.2 Å². The van der Waals surface area contributed by atoms with Crippen LogP contribution in [-0.2, 0) is 19.1 Å². The summed E-state index contributed by atoms with van der Waals surface area (Å²) in [5.74, 6) is -0.840. The second kappa shape index (κ2) is 6.32. The van der Waals surface area contributed by atoms with Crippen LogP contribution in [0.5, 0.6) is 0 Å². The molecule has 0 aromatic heterocycles. The van der Waals surface area contributed by atoms with Crippen molar-refractivity contribution in [3.63, 3.8) is 0 Å². The van der Waals surface area contributed by atoms with Gasteiger partial charge in [-0.05, 0) is 12.0 Å². The van der Waals surface area contributed by atoms with Crippen molar-refractivity contribution < 1.29 is 19.1 Å². The van der Waals surface area contributed by atoms with Crippen molar-refractivity contribution >= 4 is 17.8 Å². The maximum atomic E-state index is 12.0. The molecule has 5 heteroatoms. The van der Waals surface area contributed by atoms with Crippen LogP contribution in [0.25, 0.3) is 0 Å². The predicted octanol–water partition coefficient (Wildman–Crippen LogP) is 1.83. The topological polar surface area (TPSA) is 63.7 Å². The Bertz CT molecular complexity index is 496. The first-order valence-corrected chi connectivity index (χ1v) is 6.63. The highest BCUT2D eigenvalue weighted by Crippen LogP contribution is 2.26. The Morgan fingerprint density at radius 3 is 2.35 bits per heavy atom. The Hall–Kier alpha value is -2.17. The van der Waals surface area contributed by atoms with Gasteiger partial charge in [-0.1, -0.05) is 30.3 Å². The van der Waals surface area contributed by atoms with Crippen molar-refractivity contribution in [3.05, 3.63) is 35.9 Å². The Morgan fingerprint density at radius 1 is 1.20 bits per heavy atom. The van der Waals surface area contributed by atoms with Crippen molar-refractivity contribution in [3.8, 4) is 0 Å². The average Bonchev–Trinajstić information content (AvgIpc) is 2.42. The van der Waals surface area contributed by atoms with E-state index >= 15 is 0 Å². The number of carbonyl (C=O) groups is 3. The highest BCUT2D eigenvalue weighted by molar-refractivity contribution is 5.98. The van der Waals surface area contributed by atoms with Gasteiger partial charge >= 0.3 is 5.97 Å². The first-order valence-electron chi connectivity index (χ1n) is 6.63. The summed E-state index contributed by atoms with van der Waals surface area (Å²) in [4.78, 5) is 36.3. The summed E-state index contributed by atoms with van der Waals surface area (Å²) in [6.07, 6.45) is 1.30. The summed E-state index contributed by atoms with van der Waals surface area (Å²) in [5, 5.41) is 0. The van der Waals surface area contributed by atoms with Gasteiger partial charge in [0.15, 0.2) is 0 Å². The van der Waals surface area contributed by atoms with Gasteiger partial charge in [-0.25, -0.2) is 0 Å². The maximum absolute atomic E-state index is 12.0. The van der Waals surface area contributed by atoms with Gasteiger partial charge in [-0.15, -0.1) is 0 Å². The fourth-order valence-electron chi connectivity index (χ4n) is 2.31. The fourth-order valence-corrected chi connectivity index (χ4v) is 2.31. The van der Waals surface area contributed by atoms with Gasteiger partial charge in [0.05, 0.1) is 6.04 Å². The van der Waals surface area contributed by atoms with Crippen molar-refractivity contribution in [2.75, 3.05) is 6.61 Å². The second-order valence-electron chi connectivity index (χ2n) is 4.74. The Morgan fingerprint density at radius 2 is 1.80 bits per heavy atom. The molecule has 1 aliphatic heterocycles. The van der Waals surface area contributed by atoms with Crippen LogP contribution in [0.1, 0.15) is 37.8 Å². The van der Waals surface area contributed by atoms with E-state index in [2.05, 4.69) is 0 Å². The number of benzene rings is 1. The lowest BCUT2D eigenvalue weighted by molar-refractivity contribution is -0.156. The summed E-state index contributed by atoms with van der Waals surface area (Å²) >= 11 is 0. The molecule has 0 bridgehead atoms. The minimum Gasteiger partial charge on any atom is -0.463 e. The van der Waals surface area contributed by atoms with Crippen LogP contribution in [0.3, 0.4) is 0 Å². The van der Waals surface area contributed by atoms with Crippen LogP contribution >= 0.6 is 0 Å². The summed E-state index contributed by atoms with van der Waals surface area (Å²) < 4.78 is 5.02. The van der Waals surface area contributed by atoms with E-state index in [9.17, 15) is 14.4 Å². The molecule has 1 atom stereocenters. The lowest BCUT2D eigenvalue weighted by Crippen LogP contribution is -2.44. The Kier molecular flexibility index (Phi) is 4.50. The summed E-state index contributed by atoms with van der Waals surface area (Å²) in [5.41, 5.74) is 0.789. The van der Waals surface area contributed by atoms with E-state index in [0.717, 1.165) is 5.56 Å². The molecular weight excluding hydrogens is 258 g/mol. The summed E-state index contributed by atoms with van der Waals surface area (Å²) in [7, 11) is 0. The third-order valence-corrected chi connectivity index (χ3v) is 3.26. The first kappa shape index (κ1) is 14.2. The van der Waals surface area contributed by atoms with Gasteiger partial charge in [-0.3, -0.25) is 19.3 Å². The number of esters is 1. The zero-order chi connectivity index (χ0) is 14.5. The number of amides is 2. The molecule has 1 aromatic rings. The minimum atomic E-state index is -0.541. The third kappa shape index (κ3) is 3.23. The van der Waals surface area contributed by atoms with Gasteiger partial charge in [0, 0.05) is 19.8 Å². The van der Waals surface area contributed by atoms with Crippen molar-refractivity contribution in [1.29, 1.82) is 0 Å². The molecule has 20 heavy (non-hydrogen) atoms. The molecule has 0 unspecified atom stereocenters. The molecule has 1 saturated heterocycles. The van der Waals surface area contributed by atoms with Crippen molar-refractivity contribution in [1.82, 2.24) is 4.90 Å². The number of rotatable bonds is 4. The Labute approximate surface area is 117 Å². The molecule has 1 aliphatic rings. The van der Waals surface area contributed by atoms with Gasteiger partial charge in [0.1, 0.15) is 6.61 Å². The normalized spacial score (nSPS) is 16.9. The first-order chi connectivity index (χ1) is 9.59. The van der Waals surface area contributed by atoms with Crippen LogP contribution in [0.2, 0.25) is 0 Å². The molecule has 2 rings (SSSR count). The third-order valence-electron chi connectivity index (χ3n) is 3.26. The van der Waals surface area contributed by atoms with Gasteiger partial charge in [-0.2, -0.15) is 0 Å². The predicted molar refractivity (Wildman–Crippen MR) is 71.5 cm³/mol. The zero-order valence-electron chi connectivity index (χ0n) is 11.4. The van der Waals surface area contributed by atoms with E-state index in [0.29, 0.717) is 19.3 Å². The molecule has 1 aromatic carbocycles. The second-order valence-corrected chi connectivity index (χ2v) is 4.74. The quantitative estimate of drug-likeness (QED) is 0.621. The standard InChI is InChI=1S/C15H17NO4/c1-11(17)20-10-13(12-6-3-2-4-7-12)16-14(18)8-5-9-15(16)19/h2-4,6-7,13H,5,8-10H2,1H3/t13-/m0/s1. The molecule has 0 spiro atoms. The monoisotopic (exact) mass is 275 g/mol. The van der Waals surface area contributed by atoms with E-state index in [-0.39, 0.29) is 18.4 Å². The number of likely N-dealkylation sites (tertiary alicyclic amines) is 1. The Balaban J connectivity index is 2.27. The van der Waals surface area contributed by atoms with E-state index in [1.54, 1.807) is 0 Å². The number of hydrogen-bond acceptors (Lipinski definition) is 4. The summed E-state index contributed by atoms with van der Waals surface area (Å²) in [6.45, 7) is 1.30. The SMILES string of the molecule is CC(=O)OC[C@@H](c1ccccc1)N1C(=O)CCCC1=O. The molecule has 106 valence electrons. The van der Waals surface area contributed by atoms with E-state index < -0.39 is 12.0 Å². The molecule has 0 N–H and O–H groups in total. The van der Waals surface area contributed by atoms with E-state index in [1.165, 1.54) is 11.8 Å². The van der Waals surface area contributed by atoms with Crippen LogP contribution in [0.15, 0.2) is 30.3 Å². The largest absolute Gasteiger partial charge is 0.463 e. The fraction of sp³-hybridized carbons (Fsp3) is 0.400. The molecule has 2 amide bonds. The smallest absolute Gasteiger partial charge is 0.302 e. The number of nitrogens with zero attached hydrogens (tertiary/aromatic N) is 1. The molecule has 1 heterocycles. The molecule has 0 aliphatic carbocycles. The van der Waals surface area contributed by atoms with Gasteiger partial charge in [0.25, 0.3) is 0 Å². The molecule has 1 fully saturated rings.